The van der Waals surface area contributed by atoms with Gasteiger partial charge in [0.15, 0.2) is 0 Å². The first-order valence-corrected chi connectivity index (χ1v) is 5.76. The molecule has 0 rings (SSSR count). The van der Waals surface area contributed by atoms with Crippen molar-refractivity contribution in [2.75, 3.05) is 6.54 Å². The summed E-state index contributed by atoms with van der Waals surface area (Å²) in [5.41, 5.74) is -0.830. The lowest BCUT2D eigenvalue weighted by atomic mass is 9.88. The van der Waals surface area contributed by atoms with Gasteiger partial charge in [0, 0.05) is 6.54 Å². The molecule has 0 aliphatic carbocycles. The Labute approximate surface area is 97.4 Å². The Kier molecular flexibility index (Phi) is 6.08. The average Bonchev–Trinajstić information content (AvgIpc) is 2.09. The van der Waals surface area contributed by atoms with Crippen molar-refractivity contribution in [2.24, 2.45) is 11.3 Å². The molecule has 0 spiro atoms. The topological polar surface area (TPSA) is 66.4 Å². The standard InChI is InChI=1S/C12H23NO3/c1-9(2)6-5-7-13-11(16)12(3,4)8-10(14)15/h9H,5-8H2,1-4H3,(H,13,16)(H,14,15). The van der Waals surface area contributed by atoms with Gasteiger partial charge in [-0.15, -0.1) is 0 Å². The second-order valence-corrected chi connectivity index (χ2v) is 5.25. The van der Waals surface area contributed by atoms with E-state index in [0.29, 0.717) is 12.5 Å². The van der Waals surface area contributed by atoms with Crippen molar-refractivity contribution < 1.29 is 14.7 Å². The molecule has 0 aromatic heterocycles. The van der Waals surface area contributed by atoms with E-state index in [4.69, 9.17) is 5.11 Å². The fourth-order valence-corrected chi connectivity index (χ4v) is 1.41. The predicted molar refractivity (Wildman–Crippen MR) is 63.1 cm³/mol. The van der Waals surface area contributed by atoms with Crippen LogP contribution in [0.4, 0.5) is 0 Å². The molecule has 0 saturated heterocycles. The van der Waals surface area contributed by atoms with Crippen LogP contribution in [0.25, 0.3) is 0 Å². The van der Waals surface area contributed by atoms with E-state index in [1.165, 1.54) is 0 Å². The zero-order chi connectivity index (χ0) is 12.8. The van der Waals surface area contributed by atoms with Crippen molar-refractivity contribution >= 4 is 11.9 Å². The Morgan fingerprint density at radius 1 is 1.31 bits per heavy atom. The van der Waals surface area contributed by atoms with E-state index in [1.807, 2.05) is 0 Å². The van der Waals surface area contributed by atoms with Crippen LogP contribution in [0.1, 0.15) is 47.0 Å². The number of hydrogen-bond donors (Lipinski definition) is 2. The molecule has 4 heteroatoms. The molecule has 2 N–H and O–H groups in total. The van der Waals surface area contributed by atoms with Crippen molar-refractivity contribution in [1.82, 2.24) is 5.32 Å². The number of carboxylic acid groups (broad SMARTS) is 1. The van der Waals surface area contributed by atoms with E-state index in [1.54, 1.807) is 13.8 Å². The third kappa shape index (κ3) is 6.43. The monoisotopic (exact) mass is 229 g/mol. The molecule has 0 bridgehead atoms. The number of rotatable bonds is 7. The molecule has 16 heavy (non-hydrogen) atoms. The molecular weight excluding hydrogens is 206 g/mol. The van der Waals surface area contributed by atoms with Gasteiger partial charge in [-0.1, -0.05) is 27.7 Å². The van der Waals surface area contributed by atoms with Gasteiger partial charge >= 0.3 is 5.97 Å². The Bertz CT molecular complexity index is 247. The van der Waals surface area contributed by atoms with Crippen LogP contribution >= 0.6 is 0 Å². The fourth-order valence-electron chi connectivity index (χ4n) is 1.41. The largest absolute Gasteiger partial charge is 0.481 e. The van der Waals surface area contributed by atoms with Crippen molar-refractivity contribution in [2.45, 2.75) is 47.0 Å². The maximum absolute atomic E-state index is 11.7. The summed E-state index contributed by atoms with van der Waals surface area (Å²) >= 11 is 0. The molecule has 0 aliphatic rings. The van der Waals surface area contributed by atoms with Crippen LogP contribution in [0.2, 0.25) is 0 Å². The van der Waals surface area contributed by atoms with E-state index in [0.717, 1.165) is 12.8 Å². The van der Waals surface area contributed by atoms with E-state index in [-0.39, 0.29) is 12.3 Å². The number of aliphatic carboxylic acids is 1. The molecule has 1 amide bonds. The molecule has 0 aromatic carbocycles. The molecular formula is C12H23NO3. The third-order valence-electron chi connectivity index (χ3n) is 2.45. The molecule has 0 radical (unpaired) electrons. The zero-order valence-corrected chi connectivity index (χ0v) is 10.7. The van der Waals surface area contributed by atoms with Gasteiger partial charge in [-0.05, 0) is 18.8 Å². The summed E-state index contributed by atoms with van der Waals surface area (Å²) in [5.74, 6) is -0.495. The summed E-state index contributed by atoms with van der Waals surface area (Å²) in [6, 6.07) is 0. The van der Waals surface area contributed by atoms with Gasteiger partial charge in [0.2, 0.25) is 5.91 Å². The molecule has 0 aliphatic heterocycles. The normalized spacial score (nSPS) is 11.6. The Morgan fingerprint density at radius 3 is 2.31 bits per heavy atom. The lowest BCUT2D eigenvalue weighted by Gasteiger charge is -2.21. The predicted octanol–water partition coefficient (Wildman–Crippen LogP) is 2.04. The van der Waals surface area contributed by atoms with Gasteiger partial charge in [0.05, 0.1) is 11.8 Å². The summed E-state index contributed by atoms with van der Waals surface area (Å²) < 4.78 is 0. The van der Waals surface area contributed by atoms with Gasteiger partial charge in [-0.25, -0.2) is 0 Å². The maximum atomic E-state index is 11.7. The van der Waals surface area contributed by atoms with E-state index in [2.05, 4.69) is 19.2 Å². The first-order chi connectivity index (χ1) is 7.25. The van der Waals surface area contributed by atoms with Crippen LogP contribution < -0.4 is 5.32 Å². The fraction of sp³-hybridized carbons (Fsp3) is 0.833. The van der Waals surface area contributed by atoms with Crippen molar-refractivity contribution in [3.05, 3.63) is 0 Å². The van der Waals surface area contributed by atoms with Crippen molar-refractivity contribution in [3.8, 4) is 0 Å². The highest BCUT2D eigenvalue weighted by Crippen LogP contribution is 2.20. The highest BCUT2D eigenvalue weighted by molar-refractivity contribution is 5.86. The van der Waals surface area contributed by atoms with Crippen LogP contribution in [0.5, 0.6) is 0 Å². The molecule has 0 saturated carbocycles. The van der Waals surface area contributed by atoms with Crippen LogP contribution in [0.15, 0.2) is 0 Å². The summed E-state index contributed by atoms with van der Waals surface area (Å²) in [6.07, 6.45) is 1.87. The maximum Gasteiger partial charge on any atom is 0.304 e. The second-order valence-electron chi connectivity index (χ2n) is 5.25. The first-order valence-electron chi connectivity index (χ1n) is 5.76. The number of carboxylic acids is 1. The average molecular weight is 229 g/mol. The number of nitrogens with one attached hydrogen (secondary N) is 1. The van der Waals surface area contributed by atoms with E-state index in [9.17, 15) is 9.59 Å². The van der Waals surface area contributed by atoms with Crippen molar-refractivity contribution in [3.63, 3.8) is 0 Å². The van der Waals surface area contributed by atoms with Gasteiger partial charge in [-0.2, -0.15) is 0 Å². The molecule has 0 heterocycles. The van der Waals surface area contributed by atoms with Gasteiger partial charge in [0.25, 0.3) is 0 Å². The Hall–Kier alpha value is -1.06. The lowest BCUT2D eigenvalue weighted by molar-refractivity contribution is -0.144. The summed E-state index contributed by atoms with van der Waals surface area (Å²) in [7, 11) is 0. The van der Waals surface area contributed by atoms with E-state index < -0.39 is 11.4 Å². The third-order valence-corrected chi connectivity index (χ3v) is 2.45. The highest BCUT2D eigenvalue weighted by Gasteiger charge is 2.29. The Balaban J connectivity index is 3.91. The molecule has 0 atom stereocenters. The molecule has 94 valence electrons. The quantitative estimate of drug-likeness (QED) is 0.656. The zero-order valence-electron chi connectivity index (χ0n) is 10.7. The molecule has 4 nitrogen and oxygen atoms in total. The minimum atomic E-state index is -0.942. The van der Waals surface area contributed by atoms with Crippen molar-refractivity contribution in [1.29, 1.82) is 0 Å². The summed E-state index contributed by atoms with van der Waals surface area (Å²) in [5, 5.41) is 11.4. The minimum absolute atomic E-state index is 0.136. The van der Waals surface area contributed by atoms with Crippen LogP contribution in [0.3, 0.4) is 0 Å². The van der Waals surface area contributed by atoms with Crippen LogP contribution in [-0.4, -0.2) is 23.5 Å². The number of carbonyl (C=O) groups excluding carboxylic acids is 1. The SMILES string of the molecule is CC(C)CCCNC(=O)C(C)(C)CC(=O)O. The first kappa shape index (κ1) is 14.9. The number of carbonyl (C=O) groups is 2. The van der Waals surface area contributed by atoms with Crippen LogP contribution in [0, 0.1) is 11.3 Å². The number of amides is 1. The van der Waals surface area contributed by atoms with E-state index >= 15 is 0 Å². The van der Waals surface area contributed by atoms with Gasteiger partial charge in [0.1, 0.15) is 0 Å². The number of hydrogen-bond acceptors (Lipinski definition) is 2. The molecule has 0 aromatic rings. The second kappa shape index (κ2) is 6.51. The van der Waals surface area contributed by atoms with Gasteiger partial charge in [-0.3, -0.25) is 9.59 Å². The van der Waals surface area contributed by atoms with Crippen LogP contribution in [-0.2, 0) is 9.59 Å². The van der Waals surface area contributed by atoms with Gasteiger partial charge < -0.3 is 10.4 Å². The molecule has 0 fully saturated rings. The Morgan fingerprint density at radius 2 is 1.88 bits per heavy atom. The molecule has 0 unspecified atom stereocenters. The lowest BCUT2D eigenvalue weighted by Crippen LogP contribution is -2.38. The highest BCUT2D eigenvalue weighted by atomic mass is 16.4. The smallest absolute Gasteiger partial charge is 0.304 e. The summed E-state index contributed by atoms with van der Waals surface area (Å²) in [6.45, 7) is 8.20. The minimum Gasteiger partial charge on any atom is -0.481 e. The summed E-state index contributed by atoms with van der Waals surface area (Å²) in [4.78, 5) is 22.2.